The lowest BCUT2D eigenvalue weighted by atomic mass is 9.95. The first-order valence-electron chi connectivity index (χ1n) is 5.85. The highest BCUT2D eigenvalue weighted by molar-refractivity contribution is 9.10. The highest BCUT2D eigenvalue weighted by Crippen LogP contribution is 2.27. The molecule has 0 radical (unpaired) electrons. The molecule has 1 atom stereocenters. The predicted octanol–water partition coefficient (Wildman–Crippen LogP) is 3.34. The zero-order valence-corrected chi connectivity index (χ0v) is 12.3. The third-order valence-electron chi connectivity index (χ3n) is 2.81. The van der Waals surface area contributed by atoms with Crippen molar-refractivity contribution >= 4 is 21.7 Å². The lowest BCUT2D eigenvalue weighted by Crippen LogP contribution is -2.13. The van der Waals surface area contributed by atoms with E-state index in [4.69, 9.17) is 4.74 Å². The third-order valence-corrected chi connectivity index (χ3v) is 3.51. The second-order valence-corrected chi connectivity index (χ2v) is 4.88. The molecule has 0 saturated heterocycles. The van der Waals surface area contributed by atoms with Gasteiger partial charge in [0.15, 0.2) is 11.7 Å². The van der Waals surface area contributed by atoms with Crippen LogP contribution in [0.2, 0.25) is 0 Å². The van der Waals surface area contributed by atoms with E-state index in [1.54, 1.807) is 42.6 Å². The summed E-state index contributed by atoms with van der Waals surface area (Å²) in [6.45, 7) is 0. The number of aromatic nitrogens is 1. The van der Waals surface area contributed by atoms with E-state index in [1.807, 2.05) is 6.07 Å². The van der Waals surface area contributed by atoms with E-state index >= 15 is 0 Å². The topological polar surface area (TPSA) is 63.0 Å². The van der Waals surface area contributed by atoms with Gasteiger partial charge in [0.25, 0.3) is 0 Å². The zero-order valence-electron chi connectivity index (χ0n) is 10.7. The minimum atomic E-state index is -0.931. The van der Waals surface area contributed by atoms with E-state index in [1.165, 1.54) is 7.11 Å². The van der Waals surface area contributed by atoms with Crippen LogP contribution in [0.15, 0.2) is 47.1 Å². The maximum absolute atomic E-state index is 12.5. The molecule has 0 fully saturated rings. The van der Waals surface area contributed by atoms with Gasteiger partial charge in [-0.15, -0.1) is 0 Å². The summed E-state index contributed by atoms with van der Waals surface area (Å²) >= 11 is 3.32. The van der Waals surface area contributed by atoms with Gasteiger partial charge in [0.05, 0.1) is 18.9 Å². The summed E-state index contributed by atoms with van der Waals surface area (Å²) in [5, 5.41) is 9.27. The number of carbonyl (C=O) groups is 1. The fourth-order valence-corrected chi connectivity index (χ4v) is 2.22. The summed E-state index contributed by atoms with van der Waals surface area (Å²) in [4.78, 5) is 16.6. The lowest BCUT2D eigenvalue weighted by Gasteiger charge is -2.10. The Labute approximate surface area is 125 Å². The van der Waals surface area contributed by atoms with E-state index in [9.17, 15) is 10.1 Å². The summed E-state index contributed by atoms with van der Waals surface area (Å²) in [6, 6.07) is 12.2. The molecule has 0 amide bonds. The molecular weight excluding hydrogens is 320 g/mol. The lowest BCUT2D eigenvalue weighted by molar-refractivity contribution is 0.0976. The van der Waals surface area contributed by atoms with E-state index in [0.717, 1.165) is 0 Å². The Morgan fingerprint density at radius 2 is 2.20 bits per heavy atom. The number of halogens is 1. The molecule has 1 unspecified atom stereocenters. The molecule has 0 aliphatic rings. The summed E-state index contributed by atoms with van der Waals surface area (Å²) in [6.07, 6.45) is 1.56. The van der Waals surface area contributed by atoms with E-state index in [-0.39, 0.29) is 5.78 Å². The van der Waals surface area contributed by atoms with Crippen LogP contribution < -0.4 is 4.74 Å². The Balaban J connectivity index is 2.42. The second-order valence-electron chi connectivity index (χ2n) is 4.03. The van der Waals surface area contributed by atoms with Gasteiger partial charge in [-0.1, -0.05) is 22.0 Å². The van der Waals surface area contributed by atoms with E-state index < -0.39 is 5.92 Å². The van der Waals surface area contributed by atoms with E-state index in [2.05, 4.69) is 20.9 Å². The van der Waals surface area contributed by atoms with Crippen LogP contribution in [0, 0.1) is 11.3 Å². The number of hydrogen-bond donors (Lipinski definition) is 0. The van der Waals surface area contributed by atoms with Crippen molar-refractivity contribution in [1.29, 1.82) is 5.26 Å². The van der Waals surface area contributed by atoms with Crippen LogP contribution in [0.5, 0.6) is 5.75 Å². The van der Waals surface area contributed by atoms with Gasteiger partial charge in [-0.25, -0.2) is 0 Å². The van der Waals surface area contributed by atoms with Crippen molar-refractivity contribution in [1.82, 2.24) is 4.98 Å². The maximum Gasteiger partial charge on any atom is 0.187 e. The monoisotopic (exact) mass is 330 g/mol. The Morgan fingerprint density at radius 3 is 2.80 bits per heavy atom. The van der Waals surface area contributed by atoms with Crippen LogP contribution >= 0.6 is 15.9 Å². The summed E-state index contributed by atoms with van der Waals surface area (Å²) in [5.41, 5.74) is 0.844. The van der Waals surface area contributed by atoms with Crippen molar-refractivity contribution in [3.8, 4) is 11.8 Å². The molecule has 1 aromatic carbocycles. The first kappa shape index (κ1) is 14.2. The number of ether oxygens (including phenoxy) is 1. The van der Waals surface area contributed by atoms with Crippen molar-refractivity contribution in [2.45, 2.75) is 5.92 Å². The molecule has 1 aromatic heterocycles. The number of ketones is 1. The second kappa shape index (κ2) is 6.31. The standard InChI is InChI=1S/C15H11BrN2O2/c1-20-10-5-6-13(16)11(8-10)15(19)12(9-17)14-4-2-3-7-18-14/h2-8,12H,1H3. The normalized spacial score (nSPS) is 11.4. The number of methoxy groups -OCH3 is 1. The molecule has 20 heavy (non-hydrogen) atoms. The molecule has 1 heterocycles. The SMILES string of the molecule is COc1ccc(Br)c(C(=O)C(C#N)c2ccccn2)c1. The van der Waals surface area contributed by atoms with Crippen LogP contribution in [0.25, 0.3) is 0 Å². The highest BCUT2D eigenvalue weighted by Gasteiger charge is 2.24. The van der Waals surface area contributed by atoms with Gasteiger partial charge < -0.3 is 4.74 Å². The van der Waals surface area contributed by atoms with Crippen LogP contribution in [0.1, 0.15) is 22.0 Å². The van der Waals surface area contributed by atoms with Crippen molar-refractivity contribution < 1.29 is 9.53 Å². The Morgan fingerprint density at radius 1 is 1.40 bits per heavy atom. The average Bonchev–Trinajstić information content (AvgIpc) is 2.49. The van der Waals surface area contributed by atoms with Crippen molar-refractivity contribution in [3.63, 3.8) is 0 Å². The molecular formula is C15H11BrN2O2. The van der Waals surface area contributed by atoms with E-state index in [0.29, 0.717) is 21.5 Å². The van der Waals surface area contributed by atoms with Crippen molar-refractivity contribution in [2.75, 3.05) is 7.11 Å². The molecule has 0 aliphatic heterocycles. The fourth-order valence-electron chi connectivity index (χ4n) is 1.78. The van der Waals surface area contributed by atoms with Gasteiger partial charge >= 0.3 is 0 Å². The van der Waals surface area contributed by atoms with Gasteiger partial charge in [0.2, 0.25) is 0 Å². The smallest absolute Gasteiger partial charge is 0.187 e. The number of nitrogens with zero attached hydrogens (tertiary/aromatic N) is 2. The minimum absolute atomic E-state index is 0.308. The Bertz CT molecular complexity index is 665. The van der Waals surface area contributed by atoms with Gasteiger partial charge in [0, 0.05) is 16.2 Å². The molecule has 0 N–H and O–H groups in total. The molecule has 0 aliphatic carbocycles. The van der Waals surface area contributed by atoms with Gasteiger partial charge in [-0.05, 0) is 30.3 Å². The van der Waals surface area contributed by atoms with Crippen LogP contribution in [0.4, 0.5) is 0 Å². The quantitative estimate of drug-likeness (QED) is 0.806. The average molecular weight is 331 g/mol. The van der Waals surface area contributed by atoms with Crippen LogP contribution in [-0.2, 0) is 0 Å². The number of hydrogen-bond acceptors (Lipinski definition) is 4. The van der Waals surface area contributed by atoms with Crippen LogP contribution in [-0.4, -0.2) is 17.9 Å². The molecule has 5 heteroatoms. The van der Waals surface area contributed by atoms with Gasteiger partial charge in [0.1, 0.15) is 5.75 Å². The number of benzene rings is 1. The molecule has 0 spiro atoms. The van der Waals surface area contributed by atoms with Crippen LogP contribution in [0.3, 0.4) is 0 Å². The molecule has 0 saturated carbocycles. The number of pyridine rings is 1. The summed E-state index contributed by atoms with van der Waals surface area (Å²) in [7, 11) is 1.53. The fraction of sp³-hybridized carbons (Fsp3) is 0.133. The minimum Gasteiger partial charge on any atom is -0.497 e. The largest absolute Gasteiger partial charge is 0.497 e. The summed E-state index contributed by atoms with van der Waals surface area (Å²) < 4.78 is 5.73. The zero-order chi connectivity index (χ0) is 14.5. The predicted molar refractivity (Wildman–Crippen MR) is 77.6 cm³/mol. The summed E-state index contributed by atoms with van der Waals surface area (Å²) in [5.74, 6) is -0.675. The maximum atomic E-state index is 12.5. The van der Waals surface area contributed by atoms with Crippen molar-refractivity contribution in [2.24, 2.45) is 0 Å². The Hall–Kier alpha value is -2.19. The number of Topliss-reactive ketones (excluding diaryl/α,β-unsaturated/α-hetero) is 1. The number of nitriles is 1. The van der Waals surface area contributed by atoms with Gasteiger partial charge in [-0.3, -0.25) is 9.78 Å². The molecule has 100 valence electrons. The third kappa shape index (κ3) is 2.86. The first-order valence-corrected chi connectivity index (χ1v) is 6.65. The first-order chi connectivity index (χ1) is 9.67. The molecule has 2 aromatic rings. The molecule has 2 rings (SSSR count). The highest BCUT2D eigenvalue weighted by atomic mass is 79.9. The Kier molecular flexibility index (Phi) is 4.49. The number of carbonyl (C=O) groups excluding carboxylic acids is 1. The van der Waals surface area contributed by atoms with Crippen molar-refractivity contribution in [3.05, 3.63) is 58.3 Å². The molecule has 4 nitrogen and oxygen atoms in total. The molecule has 0 bridgehead atoms. The van der Waals surface area contributed by atoms with Gasteiger partial charge in [-0.2, -0.15) is 5.26 Å². The number of rotatable bonds is 4.